The molecule has 1 fully saturated rings. The maximum Gasteiger partial charge on any atom is 0.135 e. The van der Waals surface area contributed by atoms with Gasteiger partial charge in [-0.1, -0.05) is 17.7 Å². The molecule has 0 amide bonds. The zero-order chi connectivity index (χ0) is 15.4. The van der Waals surface area contributed by atoms with E-state index in [0.717, 1.165) is 36.0 Å². The van der Waals surface area contributed by atoms with Crippen LogP contribution in [0.25, 0.3) is 0 Å². The lowest BCUT2D eigenvalue weighted by Gasteiger charge is -2.10. The number of nitrogens with one attached hydrogen (secondary N) is 1. The molecule has 1 heterocycles. The van der Waals surface area contributed by atoms with Gasteiger partial charge in [-0.2, -0.15) is 0 Å². The first-order valence-electron chi connectivity index (χ1n) is 7.30. The van der Waals surface area contributed by atoms with Crippen molar-refractivity contribution < 1.29 is 9.47 Å². The Balaban J connectivity index is 1.50. The number of hydrogen-bond acceptors (Lipinski definition) is 5. The van der Waals surface area contributed by atoms with E-state index in [1.165, 1.54) is 0 Å². The Kier molecular flexibility index (Phi) is 4.63. The van der Waals surface area contributed by atoms with Crippen molar-refractivity contribution in [3.8, 4) is 11.5 Å². The Morgan fingerprint density at radius 1 is 1.23 bits per heavy atom. The van der Waals surface area contributed by atoms with Crippen molar-refractivity contribution in [1.29, 1.82) is 0 Å². The molecule has 2 aromatic rings. The van der Waals surface area contributed by atoms with Crippen molar-refractivity contribution in [1.82, 2.24) is 9.97 Å². The summed E-state index contributed by atoms with van der Waals surface area (Å²) in [6.45, 7) is 1.15. The minimum absolute atomic E-state index is 0.479. The van der Waals surface area contributed by atoms with Crippen molar-refractivity contribution in [2.24, 2.45) is 0 Å². The smallest absolute Gasteiger partial charge is 0.135 e. The van der Waals surface area contributed by atoms with Crippen LogP contribution in [0.1, 0.15) is 24.6 Å². The normalized spacial score (nSPS) is 13.7. The highest BCUT2D eigenvalue weighted by molar-refractivity contribution is 6.29. The minimum atomic E-state index is 0.479. The standard InChI is InChI=1S/C16H18ClN3O2/c1-21-12-3-2-4-13(9-12)22-8-7-18-15-10-14(17)19-16(20-15)11-5-6-11/h2-4,9-11H,5-8H2,1H3,(H,18,19,20). The SMILES string of the molecule is COc1cccc(OCCNc2cc(Cl)nc(C3CC3)n2)c1. The average molecular weight is 320 g/mol. The van der Waals surface area contributed by atoms with Gasteiger partial charge in [0.25, 0.3) is 0 Å². The number of halogens is 1. The Morgan fingerprint density at radius 3 is 2.82 bits per heavy atom. The number of nitrogens with zero attached hydrogens (tertiary/aromatic N) is 2. The Bertz CT molecular complexity index is 647. The largest absolute Gasteiger partial charge is 0.497 e. The summed E-state index contributed by atoms with van der Waals surface area (Å²) >= 11 is 6.03. The van der Waals surface area contributed by atoms with Crippen LogP contribution in [0.3, 0.4) is 0 Å². The van der Waals surface area contributed by atoms with Gasteiger partial charge in [0.05, 0.1) is 13.7 Å². The van der Waals surface area contributed by atoms with E-state index in [4.69, 9.17) is 21.1 Å². The molecular weight excluding hydrogens is 302 g/mol. The number of rotatable bonds is 7. The summed E-state index contributed by atoms with van der Waals surface area (Å²) in [4.78, 5) is 8.75. The van der Waals surface area contributed by atoms with E-state index in [-0.39, 0.29) is 0 Å². The fraction of sp³-hybridized carbons (Fsp3) is 0.375. The number of benzene rings is 1. The monoisotopic (exact) mass is 319 g/mol. The van der Waals surface area contributed by atoms with E-state index >= 15 is 0 Å². The molecule has 0 aliphatic heterocycles. The summed E-state index contributed by atoms with van der Waals surface area (Å²) in [5.74, 6) is 3.62. The molecule has 0 atom stereocenters. The summed E-state index contributed by atoms with van der Waals surface area (Å²) < 4.78 is 10.8. The van der Waals surface area contributed by atoms with E-state index < -0.39 is 0 Å². The number of methoxy groups -OCH3 is 1. The Hall–Kier alpha value is -2.01. The molecule has 5 nitrogen and oxygen atoms in total. The topological polar surface area (TPSA) is 56.3 Å². The summed E-state index contributed by atoms with van der Waals surface area (Å²) in [7, 11) is 1.64. The number of ether oxygens (including phenoxy) is 2. The molecule has 0 unspecified atom stereocenters. The number of hydrogen-bond donors (Lipinski definition) is 1. The first kappa shape index (κ1) is 14.9. The summed E-state index contributed by atoms with van der Waals surface area (Å²) in [5.41, 5.74) is 0. The lowest BCUT2D eigenvalue weighted by Crippen LogP contribution is -2.13. The molecule has 6 heteroatoms. The maximum absolute atomic E-state index is 6.03. The quantitative estimate of drug-likeness (QED) is 0.625. The van der Waals surface area contributed by atoms with Gasteiger partial charge < -0.3 is 14.8 Å². The van der Waals surface area contributed by atoms with E-state index in [2.05, 4.69) is 15.3 Å². The van der Waals surface area contributed by atoms with Gasteiger partial charge in [-0.25, -0.2) is 9.97 Å². The summed E-state index contributed by atoms with van der Waals surface area (Å²) in [5, 5.41) is 3.70. The van der Waals surface area contributed by atoms with Gasteiger partial charge >= 0.3 is 0 Å². The minimum Gasteiger partial charge on any atom is -0.497 e. The summed E-state index contributed by atoms with van der Waals surface area (Å²) in [6, 6.07) is 9.27. The zero-order valence-corrected chi connectivity index (χ0v) is 13.1. The predicted molar refractivity (Wildman–Crippen MR) is 86.0 cm³/mol. The van der Waals surface area contributed by atoms with Crippen LogP contribution < -0.4 is 14.8 Å². The highest BCUT2D eigenvalue weighted by atomic mass is 35.5. The predicted octanol–water partition coefficient (Wildman–Crippen LogP) is 3.51. The van der Waals surface area contributed by atoms with E-state index in [0.29, 0.717) is 24.2 Å². The van der Waals surface area contributed by atoms with Crippen molar-refractivity contribution in [2.45, 2.75) is 18.8 Å². The van der Waals surface area contributed by atoms with Crippen LogP contribution >= 0.6 is 11.6 Å². The van der Waals surface area contributed by atoms with Gasteiger partial charge in [-0.3, -0.25) is 0 Å². The maximum atomic E-state index is 6.03. The molecule has 1 aliphatic carbocycles. The van der Waals surface area contributed by atoms with Gasteiger partial charge in [0, 0.05) is 18.1 Å². The second-order valence-corrected chi connectivity index (χ2v) is 5.55. The van der Waals surface area contributed by atoms with Gasteiger partial charge in [0.15, 0.2) is 0 Å². The molecule has 3 rings (SSSR count). The van der Waals surface area contributed by atoms with Crippen molar-refractivity contribution in [3.63, 3.8) is 0 Å². The molecule has 22 heavy (non-hydrogen) atoms. The van der Waals surface area contributed by atoms with Crippen LogP contribution in [0.4, 0.5) is 5.82 Å². The fourth-order valence-electron chi connectivity index (χ4n) is 2.09. The highest BCUT2D eigenvalue weighted by Gasteiger charge is 2.27. The number of aromatic nitrogens is 2. The van der Waals surface area contributed by atoms with Crippen LogP contribution in [0.5, 0.6) is 11.5 Å². The van der Waals surface area contributed by atoms with Gasteiger partial charge in [0.1, 0.15) is 34.9 Å². The third-order valence-corrected chi connectivity index (χ3v) is 3.57. The van der Waals surface area contributed by atoms with Crippen LogP contribution in [0, 0.1) is 0 Å². The van der Waals surface area contributed by atoms with Crippen LogP contribution in [-0.2, 0) is 0 Å². The third kappa shape index (κ3) is 4.01. The van der Waals surface area contributed by atoms with Gasteiger partial charge in [-0.15, -0.1) is 0 Å². The molecule has 1 aromatic carbocycles. The van der Waals surface area contributed by atoms with Crippen LogP contribution in [0.15, 0.2) is 30.3 Å². The molecular formula is C16H18ClN3O2. The fourth-order valence-corrected chi connectivity index (χ4v) is 2.28. The molecule has 1 saturated carbocycles. The summed E-state index contributed by atoms with van der Waals surface area (Å²) in [6.07, 6.45) is 2.30. The molecule has 0 radical (unpaired) electrons. The van der Waals surface area contributed by atoms with Crippen LogP contribution in [-0.4, -0.2) is 30.2 Å². The molecule has 1 aliphatic rings. The molecule has 1 N–H and O–H groups in total. The molecule has 1 aromatic heterocycles. The van der Waals surface area contributed by atoms with Gasteiger partial charge in [-0.05, 0) is 25.0 Å². The van der Waals surface area contributed by atoms with Crippen molar-refractivity contribution >= 4 is 17.4 Å². The van der Waals surface area contributed by atoms with Crippen molar-refractivity contribution in [2.75, 3.05) is 25.6 Å². The molecule has 0 spiro atoms. The second-order valence-electron chi connectivity index (χ2n) is 5.16. The van der Waals surface area contributed by atoms with Gasteiger partial charge in [0.2, 0.25) is 0 Å². The lowest BCUT2D eigenvalue weighted by molar-refractivity contribution is 0.329. The van der Waals surface area contributed by atoms with E-state index in [1.54, 1.807) is 13.2 Å². The molecule has 0 saturated heterocycles. The average Bonchev–Trinajstić information content (AvgIpc) is 3.36. The third-order valence-electron chi connectivity index (χ3n) is 3.37. The molecule has 0 bridgehead atoms. The number of anilines is 1. The lowest BCUT2D eigenvalue weighted by atomic mass is 10.3. The Labute approximate surface area is 134 Å². The zero-order valence-electron chi connectivity index (χ0n) is 12.4. The van der Waals surface area contributed by atoms with Crippen molar-refractivity contribution in [3.05, 3.63) is 41.3 Å². The molecule has 116 valence electrons. The first-order valence-corrected chi connectivity index (χ1v) is 7.67. The Morgan fingerprint density at radius 2 is 2.05 bits per heavy atom. The highest BCUT2D eigenvalue weighted by Crippen LogP contribution is 2.38. The first-order chi connectivity index (χ1) is 10.7. The van der Waals surface area contributed by atoms with E-state index in [9.17, 15) is 0 Å². The van der Waals surface area contributed by atoms with E-state index in [1.807, 2.05) is 24.3 Å². The second kappa shape index (κ2) is 6.83. The van der Waals surface area contributed by atoms with Crippen LogP contribution in [0.2, 0.25) is 5.15 Å².